The van der Waals surface area contributed by atoms with Crippen molar-refractivity contribution in [3.05, 3.63) is 0 Å². The number of carbonyl (C=O) groups is 1. The van der Waals surface area contributed by atoms with Gasteiger partial charge in [0.15, 0.2) is 0 Å². The summed E-state index contributed by atoms with van der Waals surface area (Å²) >= 11 is 0. The Hall–Kier alpha value is -0.810. The number of likely N-dealkylation sites (tertiary alicyclic amines) is 1. The van der Waals surface area contributed by atoms with E-state index in [1.807, 2.05) is 4.90 Å². The number of nitrogens with zero attached hydrogens (tertiary/aromatic N) is 2. The van der Waals surface area contributed by atoms with E-state index in [0.717, 1.165) is 39.1 Å². The van der Waals surface area contributed by atoms with Crippen molar-refractivity contribution in [2.75, 3.05) is 45.9 Å². The van der Waals surface area contributed by atoms with E-state index in [9.17, 15) is 4.79 Å². The minimum absolute atomic E-state index is 0.228. The van der Waals surface area contributed by atoms with Crippen LogP contribution in [0.3, 0.4) is 0 Å². The van der Waals surface area contributed by atoms with E-state index in [1.165, 1.54) is 19.3 Å². The molecule has 108 valence electrons. The van der Waals surface area contributed by atoms with Crippen LogP contribution in [0.25, 0.3) is 0 Å². The molecule has 0 aromatic heterocycles. The molecule has 1 N–H and O–H groups in total. The molecule has 3 fully saturated rings. The molecule has 3 aliphatic heterocycles. The SMILES string of the molecule is O=C(N1CCOCC1)N1CCCC(C2CCCN2)C1. The molecule has 0 bridgehead atoms. The molecular weight excluding hydrogens is 242 g/mol. The Morgan fingerprint density at radius 3 is 2.63 bits per heavy atom. The van der Waals surface area contributed by atoms with Crippen molar-refractivity contribution in [3.63, 3.8) is 0 Å². The van der Waals surface area contributed by atoms with Gasteiger partial charge in [0, 0.05) is 32.2 Å². The number of rotatable bonds is 1. The third-order valence-electron chi connectivity index (χ3n) is 4.68. The molecular formula is C14H25N3O2. The molecule has 3 rings (SSSR count). The van der Waals surface area contributed by atoms with Gasteiger partial charge in [-0.3, -0.25) is 0 Å². The fourth-order valence-corrected chi connectivity index (χ4v) is 3.58. The van der Waals surface area contributed by atoms with Gasteiger partial charge in [-0.2, -0.15) is 0 Å². The smallest absolute Gasteiger partial charge is 0.320 e. The topological polar surface area (TPSA) is 44.8 Å². The van der Waals surface area contributed by atoms with Gasteiger partial charge >= 0.3 is 6.03 Å². The Balaban J connectivity index is 1.56. The number of hydrogen-bond acceptors (Lipinski definition) is 3. The van der Waals surface area contributed by atoms with Crippen molar-refractivity contribution in [1.29, 1.82) is 0 Å². The van der Waals surface area contributed by atoms with Gasteiger partial charge in [0.1, 0.15) is 0 Å². The second kappa shape index (κ2) is 6.09. The van der Waals surface area contributed by atoms with Gasteiger partial charge in [-0.1, -0.05) is 0 Å². The summed E-state index contributed by atoms with van der Waals surface area (Å²) in [5.74, 6) is 0.654. The number of amides is 2. The molecule has 5 nitrogen and oxygen atoms in total. The number of nitrogens with one attached hydrogen (secondary N) is 1. The second-order valence-electron chi connectivity index (χ2n) is 5.93. The second-order valence-corrected chi connectivity index (χ2v) is 5.93. The summed E-state index contributed by atoms with van der Waals surface area (Å²) in [7, 11) is 0. The highest BCUT2D eigenvalue weighted by molar-refractivity contribution is 5.74. The summed E-state index contributed by atoms with van der Waals surface area (Å²) in [4.78, 5) is 16.5. The lowest BCUT2D eigenvalue weighted by Gasteiger charge is -2.39. The highest BCUT2D eigenvalue weighted by Crippen LogP contribution is 2.25. The maximum atomic E-state index is 12.5. The maximum absolute atomic E-state index is 12.5. The van der Waals surface area contributed by atoms with Crippen LogP contribution in [-0.2, 0) is 4.74 Å². The molecule has 0 aromatic rings. The molecule has 0 spiro atoms. The molecule has 0 radical (unpaired) electrons. The highest BCUT2D eigenvalue weighted by Gasteiger charge is 2.32. The largest absolute Gasteiger partial charge is 0.378 e. The van der Waals surface area contributed by atoms with Crippen LogP contribution in [0.1, 0.15) is 25.7 Å². The first kappa shape index (κ1) is 13.2. The molecule has 2 atom stereocenters. The lowest BCUT2D eigenvalue weighted by molar-refractivity contribution is 0.0381. The summed E-state index contributed by atoms with van der Waals surface area (Å²) in [5, 5.41) is 3.59. The first-order valence-corrected chi connectivity index (χ1v) is 7.69. The summed E-state index contributed by atoms with van der Waals surface area (Å²) in [6, 6.07) is 0.867. The number of ether oxygens (including phenoxy) is 1. The summed E-state index contributed by atoms with van der Waals surface area (Å²) in [6.45, 7) is 5.90. The molecule has 0 aliphatic carbocycles. The summed E-state index contributed by atoms with van der Waals surface area (Å²) in [6.07, 6.45) is 4.99. The van der Waals surface area contributed by atoms with E-state index in [2.05, 4.69) is 10.2 Å². The average molecular weight is 267 g/mol. The Bertz CT molecular complexity index is 312. The van der Waals surface area contributed by atoms with E-state index in [1.54, 1.807) is 0 Å². The minimum atomic E-state index is 0.228. The highest BCUT2D eigenvalue weighted by atomic mass is 16.5. The van der Waals surface area contributed by atoms with Crippen molar-refractivity contribution in [3.8, 4) is 0 Å². The summed E-state index contributed by atoms with van der Waals surface area (Å²) in [5.41, 5.74) is 0. The average Bonchev–Trinajstić information content (AvgIpc) is 3.02. The molecule has 0 aromatic carbocycles. The predicted octanol–water partition coefficient (Wildman–Crippen LogP) is 0.903. The lowest BCUT2D eigenvalue weighted by atomic mass is 9.90. The van der Waals surface area contributed by atoms with Crippen LogP contribution in [0.2, 0.25) is 0 Å². The number of carbonyl (C=O) groups excluding carboxylic acids is 1. The molecule has 19 heavy (non-hydrogen) atoms. The van der Waals surface area contributed by atoms with Gasteiger partial charge in [-0.25, -0.2) is 4.79 Å². The zero-order chi connectivity index (χ0) is 13.1. The molecule has 0 saturated carbocycles. The van der Waals surface area contributed by atoms with Crippen molar-refractivity contribution in [2.45, 2.75) is 31.7 Å². The number of morpholine rings is 1. The first-order valence-electron chi connectivity index (χ1n) is 7.69. The number of urea groups is 1. The monoisotopic (exact) mass is 267 g/mol. The zero-order valence-corrected chi connectivity index (χ0v) is 11.6. The quantitative estimate of drug-likeness (QED) is 0.768. The van der Waals surface area contributed by atoms with E-state index in [-0.39, 0.29) is 6.03 Å². The van der Waals surface area contributed by atoms with E-state index in [4.69, 9.17) is 4.74 Å². The maximum Gasteiger partial charge on any atom is 0.320 e. The number of piperidine rings is 1. The third kappa shape index (κ3) is 3.03. The van der Waals surface area contributed by atoms with E-state index >= 15 is 0 Å². The first-order chi connectivity index (χ1) is 9.34. The van der Waals surface area contributed by atoms with Crippen LogP contribution in [0.5, 0.6) is 0 Å². The third-order valence-corrected chi connectivity index (χ3v) is 4.68. The molecule has 5 heteroatoms. The molecule has 2 unspecified atom stereocenters. The standard InChI is InChI=1S/C14H25N3O2/c18-14(16-7-9-19-10-8-16)17-6-2-3-12(11-17)13-4-1-5-15-13/h12-13,15H,1-11H2. The van der Waals surface area contributed by atoms with Gasteiger partial charge in [0.2, 0.25) is 0 Å². The van der Waals surface area contributed by atoms with Crippen LogP contribution >= 0.6 is 0 Å². The normalized spacial score (nSPS) is 32.6. The van der Waals surface area contributed by atoms with Gasteiger partial charge < -0.3 is 19.9 Å². The van der Waals surface area contributed by atoms with E-state index in [0.29, 0.717) is 25.2 Å². The van der Waals surface area contributed by atoms with Crippen molar-refractivity contribution >= 4 is 6.03 Å². The zero-order valence-electron chi connectivity index (χ0n) is 11.6. The Morgan fingerprint density at radius 1 is 1.05 bits per heavy atom. The molecule has 3 aliphatic rings. The lowest BCUT2D eigenvalue weighted by Crippen LogP contribution is -2.52. The van der Waals surface area contributed by atoms with Crippen LogP contribution in [-0.4, -0.2) is 67.8 Å². The van der Waals surface area contributed by atoms with Crippen LogP contribution in [0, 0.1) is 5.92 Å². The van der Waals surface area contributed by atoms with Crippen molar-refractivity contribution < 1.29 is 9.53 Å². The molecule has 2 amide bonds. The van der Waals surface area contributed by atoms with Gasteiger partial charge in [-0.15, -0.1) is 0 Å². The van der Waals surface area contributed by atoms with Crippen molar-refractivity contribution in [1.82, 2.24) is 15.1 Å². The molecule has 3 heterocycles. The van der Waals surface area contributed by atoms with Gasteiger partial charge in [-0.05, 0) is 38.1 Å². The van der Waals surface area contributed by atoms with Gasteiger partial charge in [0.25, 0.3) is 0 Å². The predicted molar refractivity (Wildman–Crippen MR) is 73.1 cm³/mol. The minimum Gasteiger partial charge on any atom is -0.378 e. The summed E-state index contributed by atoms with van der Waals surface area (Å²) < 4.78 is 5.32. The van der Waals surface area contributed by atoms with Gasteiger partial charge in [0.05, 0.1) is 13.2 Å². The van der Waals surface area contributed by atoms with Crippen molar-refractivity contribution in [2.24, 2.45) is 5.92 Å². The van der Waals surface area contributed by atoms with Crippen LogP contribution in [0.15, 0.2) is 0 Å². The fraction of sp³-hybridized carbons (Fsp3) is 0.929. The van der Waals surface area contributed by atoms with Crippen LogP contribution < -0.4 is 5.32 Å². The Morgan fingerprint density at radius 2 is 1.89 bits per heavy atom. The van der Waals surface area contributed by atoms with Crippen LogP contribution in [0.4, 0.5) is 4.79 Å². The molecule has 3 saturated heterocycles. The number of hydrogen-bond donors (Lipinski definition) is 1. The fourth-order valence-electron chi connectivity index (χ4n) is 3.58. The Labute approximate surface area is 115 Å². The Kier molecular flexibility index (Phi) is 4.23. The van der Waals surface area contributed by atoms with E-state index < -0.39 is 0 Å².